The van der Waals surface area contributed by atoms with Crippen LogP contribution in [0.2, 0.25) is 0 Å². The van der Waals surface area contributed by atoms with Crippen LogP contribution in [0.3, 0.4) is 0 Å². The first-order valence-electron chi connectivity index (χ1n) is 7.19. The maximum atomic E-state index is 12.1. The molecule has 2 heterocycles. The molecule has 2 aromatic rings. The van der Waals surface area contributed by atoms with Gasteiger partial charge in [0.25, 0.3) is 0 Å². The second kappa shape index (κ2) is 6.59. The maximum Gasteiger partial charge on any atom is 0.341 e. The van der Waals surface area contributed by atoms with Crippen LogP contribution in [0.25, 0.3) is 0 Å². The van der Waals surface area contributed by atoms with Crippen molar-refractivity contribution in [3.63, 3.8) is 0 Å². The van der Waals surface area contributed by atoms with Crippen molar-refractivity contribution in [1.29, 1.82) is 0 Å². The van der Waals surface area contributed by atoms with E-state index in [1.54, 1.807) is 23.6 Å². The molecule has 2 N–H and O–H groups in total. The summed E-state index contributed by atoms with van der Waals surface area (Å²) in [5.41, 5.74) is 2.52. The normalized spacial score (nSPS) is 12.6. The number of thiophene rings is 1. The molecule has 1 aliphatic rings. The summed E-state index contributed by atoms with van der Waals surface area (Å²) in [6.07, 6.45) is 4.63. The van der Waals surface area contributed by atoms with Crippen LogP contribution < -0.4 is 10.6 Å². The summed E-state index contributed by atoms with van der Waals surface area (Å²) >= 11 is 6.86. The number of rotatable bonds is 3. The average molecular weight is 348 g/mol. The number of hydrogen-bond acceptors (Lipinski definition) is 6. The van der Waals surface area contributed by atoms with Gasteiger partial charge >= 0.3 is 5.97 Å². The number of ether oxygens (including phenoxy) is 1. The molecule has 0 spiro atoms. The molecule has 0 bridgehead atoms. The molecule has 23 heavy (non-hydrogen) atoms. The lowest BCUT2D eigenvalue weighted by Gasteiger charge is -2.10. The van der Waals surface area contributed by atoms with Gasteiger partial charge in [0.2, 0.25) is 5.95 Å². The number of thiocarbonyl (C=S) groups is 1. The number of nitrogens with zero attached hydrogens (tertiary/aromatic N) is 2. The average Bonchev–Trinajstić information content (AvgIpc) is 3.06. The molecule has 0 amide bonds. The Morgan fingerprint density at radius 1 is 1.39 bits per heavy atom. The molecule has 0 aliphatic heterocycles. The highest BCUT2D eigenvalue weighted by Gasteiger charge is 2.27. The Balaban J connectivity index is 1.80. The topological polar surface area (TPSA) is 76.1 Å². The van der Waals surface area contributed by atoms with Gasteiger partial charge in [0.1, 0.15) is 5.00 Å². The molecule has 0 saturated heterocycles. The quantitative estimate of drug-likeness (QED) is 0.652. The summed E-state index contributed by atoms with van der Waals surface area (Å²) < 4.78 is 4.92. The fourth-order valence-electron chi connectivity index (χ4n) is 2.56. The van der Waals surface area contributed by atoms with E-state index in [0.29, 0.717) is 21.6 Å². The number of carbonyl (C=O) groups excluding carboxylic acids is 1. The lowest BCUT2D eigenvalue weighted by molar-refractivity contribution is 0.0601. The fourth-order valence-corrected chi connectivity index (χ4v) is 4.10. The highest BCUT2D eigenvalue weighted by molar-refractivity contribution is 7.80. The Kier molecular flexibility index (Phi) is 4.53. The van der Waals surface area contributed by atoms with Crippen LogP contribution in [0.4, 0.5) is 10.9 Å². The first-order chi connectivity index (χ1) is 11.1. The Labute approximate surface area is 143 Å². The van der Waals surface area contributed by atoms with Gasteiger partial charge in [-0.25, -0.2) is 14.8 Å². The Morgan fingerprint density at radius 3 is 2.96 bits per heavy atom. The zero-order valence-corrected chi connectivity index (χ0v) is 14.4. The molecule has 0 saturated carbocycles. The largest absolute Gasteiger partial charge is 0.465 e. The highest BCUT2D eigenvalue weighted by atomic mass is 32.1. The number of anilines is 2. The van der Waals surface area contributed by atoms with Crippen LogP contribution >= 0.6 is 23.6 Å². The van der Waals surface area contributed by atoms with Gasteiger partial charge < -0.3 is 15.4 Å². The van der Waals surface area contributed by atoms with Crippen molar-refractivity contribution in [2.45, 2.75) is 26.2 Å². The van der Waals surface area contributed by atoms with E-state index in [1.807, 2.05) is 6.92 Å². The summed E-state index contributed by atoms with van der Waals surface area (Å²) in [6, 6.07) is 1.81. The number of nitrogens with one attached hydrogen (secondary N) is 2. The lowest BCUT2D eigenvalue weighted by atomic mass is 10.1. The number of hydrogen-bond donors (Lipinski definition) is 2. The molecule has 0 unspecified atom stereocenters. The van der Waals surface area contributed by atoms with Gasteiger partial charge in [0, 0.05) is 16.8 Å². The fraction of sp³-hybridized carbons (Fsp3) is 0.333. The number of carbonyl (C=O) groups is 1. The molecule has 0 atom stereocenters. The minimum atomic E-state index is -0.332. The third kappa shape index (κ3) is 3.32. The Morgan fingerprint density at radius 2 is 2.22 bits per heavy atom. The summed E-state index contributed by atoms with van der Waals surface area (Å²) in [5.74, 6) is 0.0905. The number of aryl methyl sites for hydroxylation is 2. The molecule has 1 aliphatic carbocycles. The smallest absolute Gasteiger partial charge is 0.341 e. The van der Waals surface area contributed by atoms with Crippen molar-refractivity contribution < 1.29 is 9.53 Å². The van der Waals surface area contributed by atoms with Gasteiger partial charge in [0.15, 0.2) is 5.11 Å². The van der Waals surface area contributed by atoms with E-state index >= 15 is 0 Å². The van der Waals surface area contributed by atoms with Gasteiger partial charge in [-0.1, -0.05) is 0 Å². The molecule has 3 rings (SSSR count). The van der Waals surface area contributed by atoms with E-state index in [4.69, 9.17) is 17.0 Å². The molecule has 8 heteroatoms. The van der Waals surface area contributed by atoms with Crippen LogP contribution in [-0.4, -0.2) is 28.2 Å². The Hall–Kier alpha value is -2.06. The van der Waals surface area contributed by atoms with Crippen molar-refractivity contribution in [3.8, 4) is 0 Å². The summed E-state index contributed by atoms with van der Waals surface area (Å²) in [4.78, 5) is 21.7. The molecule has 6 nitrogen and oxygen atoms in total. The van der Waals surface area contributed by atoms with Crippen molar-refractivity contribution >= 4 is 45.6 Å². The standard InChI is InChI=1S/C15H16N4O2S2/c1-8-6-7-16-14(17-8)19-15(22)18-12-11(13(20)21-2)9-4-3-5-10(9)23-12/h6-7H,3-5H2,1-2H3,(H2,16,17,18,19,22). The minimum absolute atomic E-state index is 0.332. The number of methoxy groups -OCH3 is 1. The monoisotopic (exact) mass is 348 g/mol. The molecule has 2 aromatic heterocycles. The second-order valence-corrected chi connectivity index (χ2v) is 6.67. The third-order valence-corrected chi connectivity index (χ3v) is 4.97. The van der Waals surface area contributed by atoms with Crippen molar-refractivity contribution in [1.82, 2.24) is 9.97 Å². The first-order valence-corrected chi connectivity index (χ1v) is 8.41. The summed E-state index contributed by atoms with van der Waals surface area (Å²) in [6.45, 7) is 1.88. The molecular formula is C15H16N4O2S2. The van der Waals surface area contributed by atoms with Crippen LogP contribution in [0.15, 0.2) is 12.3 Å². The van der Waals surface area contributed by atoms with Crippen LogP contribution in [0.5, 0.6) is 0 Å². The van der Waals surface area contributed by atoms with E-state index in [-0.39, 0.29) is 5.97 Å². The van der Waals surface area contributed by atoms with Gasteiger partial charge in [-0.15, -0.1) is 11.3 Å². The van der Waals surface area contributed by atoms with Gasteiger partial charge in [-0.2, -0.15) is 0 Å². The number of fused-ring (bicyclic) bond motifs is 1. The van der Waals surface area contributed by atoms with Crippen molar-refractivity contribution in [2.24, 2.45) is 0 Å². The zero-order chi connectivity index (χ0) is 16.4. The van der Waals surface area contributed by atoms with Crippen molar-refractivity contribution in [3.05, 3.63) is 34.0 Å². The first kappa shape index (κ1) is 15.8. The van der Waals surface area contributed by atoms with E-state index in [0.717, 1.165) is 30.5 Å². The van der Waals surface area contributed by atoms with E-state index in [2.05, 4.69) is 20.6 Å². The Bertz CT molecular complexity index is 773. The van der Waals surface area contributed by atoms with Gasteiger partial charge in [-0.3, -0.25) is 0 Å². The maximum absolute atomic E-state index is 12.1. The van der Waals surface area contributed by atoms with Crippen LogP contribution in [-0.2, 0) is 17.6 Å². The number of esters is 1. The lowest BCUT2D eigenvalue weighted by Crippen LogP contribution is -2.21. The van der Waals surface area contributed by atoms with Gasteiger partial charge in [-0.05, 0) is 50.0 Å². The minimum Gasteiger partial charge on any atom is -0.465 e. The molecule has 0 radical (unpaired) electrons. The predicted molar refractivity (Wildman–Crippen MR) is 94.3 cm³/mol. The second-order valence-electron chi connectivity index (χ2n) is 5.15. The zero-order valence-electron chi connectivity index (χ0n) is 12.8. The third-order valence-electron chi connectivity index (χ3n) is 3.56. The van der Waals surface area contributed by atoms with E-state index in [9.17, 15) is 4.79 Å². The summed E-state index contributed by atoms with van der Waals surface area (Å²) in [5, 5.41) is 7.08. The molecule has 0 fully saturated rings. The van der Waals surface area contributed by atoms with E-state index < -0.39 is 0 Å². The molecule has 0 aromatic carbocycles. The molecular weight excluding hydrogens is 332 g/mol. The van der Waals surface area contributed by atoms with E-state index in [1.165, 1.54) is 12.0 Å². The van der Waals surface area contributed by atoms with Crippen LogP contribution in [0.1, 0.15) is 32.9 Å². The predicted octanol–water partition coefficient (Wildman–Crippen LogP) is 2.93. The SMILES string of the molecule is COC(=O)c1c(NC(=S)Nc2nccc(C)n2)sc2c1CCC2. The van der Waals surface area contributed by atoms with Crippen LogP contribution in [0, 0.1) is 6.92 Å². The van der Waals surface area contributed by atoms with Gasteiger partial charge in [0.05, 0.1) is 12.7 Å². The number of aromatic nitrogens is 2. The van der Waals surface area contributed by atoms with Crippen molar-refractivity contribution in [2.75, 3.05) is 17.7 Å². The molecule has 120 valence electrons. The summed E-state index contributed by atoms with van der Waals surface area (Å²) in [7, 11) is 1.39. The highest BCUT2D eigenvalue weighted by Crippen LogP contribution is 2.39.